The van der Waals surface area contributed by atoms with Crippen LogP contribution in [0.3, 0.4) is 0 Å². The van der Waals surface area contributed by atoms with E-state index in [9.17, 15) is 13.6 Å². The van der Waals surface area contributed by atoms with E-state index in [4.69, 9.17) is 10.5 Å². The number of halogens is 2. The molecule has 0 saturated heterocycles. The van der Waals surface area contributed by atoms with Crippen LogP contribution in [0.1, 0.15) is 53.4 Å². The summed E-state index contributed by atoms with van der Waals surface area (Å²) in [6.07, 6.45) is -0.527. The molecule has 1 aliphatic rings. The van der Waals surface area contributed by atoms with Crippen LogP contribution >= 0.6 is 0 Å². The van der Waals surface area contributed by atoms with E-state index in [1.165, 1.54) is 4.90 Å². The van der Waals surface area contributed by atoms with Crippen LogP contribution < -0.4 is 5.73 Å². The molecule has 4 nitrogen and oxygen atoms in total. The zero-order valence-electron chi connectivity index (χ0n) is 13.0. The molecule has 20 heavy (non-hydrogen) atoms. The van der Waals surface area contributed by atoms with Crippen molar-refractivity contribution in [2.45, 2.75) is 76.5 Å². The normalized spacial score (nSPS) is 23.0. The average Bonchev–Trinajstić information content (AvgIpc) is 2.29. The minimum atomic E-state index is -2.63. The summed E-state index contributed by atoms with van der Waals surface area (Å²) in [7, 11) is 1.60. The molecule has 1 saturated carbocycles. The average molecular weight is 292 g/mol. The number of nitrogens with zero attached hydrogens (tertiary/aromatic N) is 1. The lowest BCUT2D eigenvalue weighted by atomic mass is 9.76. The fourth-order valence-electron chi connectivity index (χ4n) is 2.38. The summed E-state index contributed by atoms with van der Waals surface area (Å²) in [5, 5.41) is 0. The highest BCUT2D eigenvalue weighted by molar-refractivity contribution is 5.68. The molecule has 1 unspecified atom stereocenters. The second-order valence-corrected chi connectivity index (χ2v) is 6.86. The van der Waals surface area contributed by atoms with Crippen molar-refractivity contribution in [3.8, 4) is 0 Å². The van der Waals surface area contributed by atoms with Crippen molar-refractivity contribution in [1.29, 1.82) is 0 Å². The molecule has 1 amide bonds. The maximum absolute atomic E-state index is 13.2. The standard InChI is InChI=1S/C14H26F2N2O2/c1-10(18(5)11(19)20-12(2,3)4)13(17)6-8-14(15,16)9-7-13/h10H,6-9,17H2,1-5H3. The molecule has 0 aromatic heterocycles. The molecule has 0 aliphatic heterocycles. The molecule has 0 heterocycles. The van der Waals surface area contributed by atoms with E-state index in [-0.39, 0.29) is 31.7 Å². The largest absolute Gasteiger partial charge is 0.444 e. The maximum Gasteiger partial charge on any atom is 0.410 e. The van der Waals surface area contributed by atoms with Gasteiger partial charge in [0, 0.05) is 31.5 Å². The van der Waals surface area contributed by atoms with E-state index in [1.54, 1.807) is 34.7 Å². The van der Waals surface area contributed by atoms with Crippen LogP contribution in [0.15, 0.2) is 0 Å². The Bertz CT molecular complexity index is 357. The van der Waals surface area contributed by atoms with Crippen LogP contribution in [0.5, 0.6) is 0 Å². The van der Waals surface area contributed by atoms with Crippen molar-refractivity contribution < 1.29 is 18.3 Å². The van der Waals surface area contributed by atoms with Crippen LogP contribution in [-0.2, 0) is 4.74 Å². The van der Waals surface area contributed by atoms with Gasteiger partial charge in [0.15, 0.2) is 0 Å². The first-order valence-corrected chi connectivity index (χ1v) is 6.99. The van der Waals surface area contributed by atoms with Crippen molar-refractivity contribution in [1.82, 2.24) is 4.90 Å². The summed E-state index contributed by atoms with van der Waals surface area (Å²) in [4.78, 5) is 13.4. The van der Waals surface area contributed by atoms with E-state index in [0.717, 1.165) is 0 Å². The fraction of sp³-hybridized carbons (Fsp3) is 0.929. The molecule has 118 valence electrons. The number of ether oxygens (including phenoxy) is 1. The molecule has 1 atom stereocenters. The lowest BCUT2D eigenvalue weighted by Crippen LogP contribution is -2.60. The van der Waals surface area contributed by atoms with Crippen molar-refractivity contribution in [2.24, 2.45) is 5.73 Å². The SMILES string of the molecule is CC(N(C)C(=O)OC(C)(C)C)C1(N)CCC(F)(F)CC1. The molecule has 0 radical (unpaired) electrons. The molecule has 2 N–H and O–H groups in total. The summed E-state index contributed by atoms with van der Waals surface area (Å²) < 4.78 is 31.7. The third-order valence-electron chi connectivity index (χ3n) is 4.01. The first kappa shape index (κ1) is 17.1. The second kappa shape index (κ2) is 5.47. The number of rotatable bonds is 2. The molecule has 0 spiro atoms. The molecular formula is C14H26F2N2O2. The number of nitrogens with two attached hydrogens (primary N) is 1. The van der Waals surface area contributed by atoms with Gasteiger partial charge in [-0.25, -0.2) is 13.6 Å². The quantitative estimate of drug-likeness (QED) is 0.850. The van der Waals surface area contributed by atoms with Crippen LogP contribution in [0.2, 0.25) is 0 Å². The van der Waals surface area contributed by atoms with Crippen LogP contribution in [0.4, 0.5) is 13.6 Å². The highest BCUT2D eigenvalue weighted by atomic mass is 19.3. The van der Waals surface area contributed by atoms with Gasteiger partial charge in [-0.2, -0.15) is 0 Å². The molecule has 1 aliphatic carbocycles. The molecule has 0 aromatic rings. The van der Waals surface area contributed by atoms with E-state index >= 15 is 0 Å². The third kappa shape index (κ3) is 4.30. The molecule has 0 bridgehead atoms. The number of alkyl halides is 2. The molecular weight excluding hydrogens is 266 g/mol. The van der Waals surface area contributed by atoms with E-state index in [2.05, 4.69) is 0 Å². The summed E-state index contributed by atoms with van der Waals surface area (Å²) in [6, 6.07) is -0.353. The Kier molecular flexibility index (Phi) is 4.69. The Morgan fingerprint density at radius 1 is 1.25 bits per heavy atom. The third-order valence-corrected chi connectivity index (χ3v) is 4.01. The minimum Gasteiger partial charge on any atom is -0.444 e. The highest BCUT2D eigenvalue weighted by Crippen LogP contribution is 2.39. The molecule has 0 aromatic carbocycles. The lowest BCUT2D eigenvalue weighted by Gasteiger charge is -2.44. The van der Waals surface area contributed by atoms with Crippen LogP contribution in [0, 0.1) is 0 Å². The van der Waals surface area contributed by atoms with Gasteiger partial charge in [-0.3, -0.25) is 0 Å². The van der Waals surface area contributed by atoms with Crippen LogP contribution in [-0.4, -0.2) is 41.1 Å². The predicted octanol–water partition coefficient (Wildman–Crippen LogP) is 3.15. The van der Waals surface area contributed by atoms with Gasteiger partial charge in [-0.15, -0.1) is 0 Å². The van der Waals surface area contributed by atoms with Gasteiger partial charge in [-0.05, 0) is 40.5 Å². The summed E-state index contributed by atoms with van der Waals surface area (Å²) in [6.45, 7) is 7.13. The zero-order valence-corrected chi connectivity index (χ0v) is 13.0. The number of carbonyl (C=O) groups excluding carboxylic acids is 1. The van der Waals surface area contributed by atoms with Gasteiger partial charge in [0.25, 0.3) is 0 Å². The maximum atomic E-state index is 13.2. The van der Waals surface area contributed by atoms with E-state index in [1.807, 2.05) is 0 Å². The Morgan fingerprint density at radius 3 is 2.10 bits per heavy atom. The topological polar surface area (TPSA) is 55.6 Å². The molecule has 6 heteroatoms. The van der Waals surface area contributed by atoms with Crippen molar-refractivity contribution in [3.05, 3.63) is 0 Å². The number of carbonyl (C=O) groups is 1. The van der Waals surface area contributed by atoms with E-state index in [0.29, 0.717) is 0 Å². The van der Waals surface area contributed by atoms with Crippen molar-refractivity contribution >= 4 is 6.09 Å². The molecule has 1 rings (SSSR count). The lowest BCUT2D eigenvalue weighted by molar-refractivity contribution is -0.0615. The zero-order chi connectivity index (χ0) is 15.8. The second-order valence-electron chi connectivity index (χ2n) is 6.86. The van der Waals surface area contributed by atoms with Gasteiger partial charge < -0.3 is 15.4 Å². The predicted molar refractivity (Wildman–Crippen MR) is 73.8 cm³/mol. The number of amides is 1. The Labute approximate surface area is 119 Å². The molecule has 1 fully saturated rings. The number of likely N-dealkylation sites (N-methyl/N-ethyl adjacent to an activating group) is 1. The van der Waals surface area contributed by atoms with Gasteiger partial charge >= 0.3 is 6.09 Å². The van der Waals surface area contributed by atoms with Gasteiger partial charge in [0.05, 0.1) is 0 Å². The Morgan fingerprint density at radius 2 is 1.70 bits per heavy atom. The number of hydrogen-bond donors (Lipinski definition) is 1. The minimum absolute atomic E-state index is 0.203. The Hall–Kier alpha value is -0.910. The van der Waals surface area contributed by atoms with E-state index < -0.39 is 23.2 Å². The van der Waals surface area contributed by atoms with Crippen LogP contribution in [0.25, 0.3) is 0 Å². The summed E-state index contributed by atoms with van der Waals surface area (Å²) in [5.41, 5.74) is 4.87. The monoisotopic (exact) mass is 292 g/mol. The van der Waals surface area contributed by atoms with Gasteiger partial charge in [0.1, 0.15) is 5.60 Å². The summed E-state index contributed by atoms with van der Waals surface area (Å²) >= 11 is 0. The smallest absolute Gasteiger partial charge is 0.410 e. The Balaban J connectivity index is 2.69. The van der Waals surface area contributed by atoms with Gasteiger partial charge in [-0.1, -0.05) is 0 Å². The first-order chi connectivity index (χ1) is 8.86. The van der Waals surface area contributed by atoms with Crippen molar-refractivity contribution in [2.75, 3.05) is 7.05 Å². The fourth-order valence-corrected chi connectivity index (χ4v) is 2.38. The summed E-state index contributed by atoms with van der Waals surface area (Å²) in [5.74, 6) is -2.63. The highest BCUT2D eigenvalue weighted by Gasteiger charge is 2.46. The van der Waals surface area contributed by atoms with Gasteiger partial charge in [0.2, 0.25) is 5.92 Å². The number of hydrogen-bond acceptors (Lipinski definition) is 3. The van der Waals surface area contributed by atoms with Crippen molar-refractivity contribution in [3.63, 3.8) is 0 Å². The first-order valence-electron chi connectivity index (χ1n) is 6.99.